The van der Waals surface area contributed by atoms with Crippen LogP contribution in [-0.4, -0.2) is 35.9 Å². The molecule has 1 aromatic carbocycles. The molecule has 1 aromatic heterocycles. The monoisotopic (exact) mass is 348 g/mol. The standard InChI is InChI=1S/C17H21ClN4O2/c1-11-8-15(16(24-2)9-13(11)18)20-17(23)14-5-7-22(21-14)12-4-3-6-19-10-12/h5,7-9,12,19H,3-4,6,10H2,1-2H3,(H,20,23). The van der Waals surface area contributed by atoms with Gasteiger partial charge in [0.05, 0.1) is 18.8 Å². The first kappa shape index (κ1) is 16.8. The Bertz CT molecular complexity index is 738. The fraction of sp³-hybridized carbons (Fsp3) is 0.412. The minimum absolute atomic E-state index is 0.266. The van der Waals surface area contributed by atoms with E-state index in [4.69, 9.17) is 16.3 Å². The lowest BCUT2D eigenvalue weighted by Crippen LogP contribution is -2.32. The Labute approximate surface area is 146 Å². The maximum Gasteiger partial charge on any atom is 0.276 e. The first-order valence-electron chi connectivity index (χ1n) is 8.00. The molecule has 1 fully saturated rings. The van der Waals surface area contributed by atoms with Crippen molar-refractivity contribution in [1.29, 1.82) is 0 Å². The summed E-state index contributed by atoms with van der Waals surface area (Å²) < 4.78 is 7.15. The molecular weight excluding hydrogens is 328 g/mol. The molecule has 2 aromatic rings. The minimum Gasteiger partial charge on any atom is -0.495 e. The van der Waals surface area contributed by atoms with Crippen molar-refractivity contribution < 1.29 is 9.53 Å². The van der Waals surface area contributed by atoms with Gasteiger partial charge in [-0.3, -0.25) is 9.48 Å². The zero-order valence-corrected chi connectivity index (χ0v) is 14.6. The summed E-state index contributed by atoms with van der Waals surface area (Å²) in [6.45, 7) is 3.80. The number of nitrogens with one attached hydrogen (secondary N) is 2. The van der Waals surface area contributed by atoms with Gasteiger partial charge in [-0.25, -0.2) is 0 Å². The lowest BCUT2D eigenvalue weighted by molar-refractivity contribution is 0.102. The van der Waals surface area contributed by atoms with Gasteiger partial charge in [-0.2, -0.15) is 5.10 Å². The molecule has 0 bridgehead atoms. The first-order valence-corrected chi connectivity index (χ1v) is 8.37. The van der Waals surface area contributed by atoms with Crippen LogP contribution in [0.25, 0.3) is 0 Å². The molecule has 1 aliphatic rings. The normalized spacial score (nSPS) is 17.5. The van der Waals surface area contributed by atoms with Crippen LogP contribution in [0.15, 0.2) is 24.4 Å². The molecule has 2 heterocycles. The van der Waals surface area contributed by atoms with Crippen LogP contribution in [0.1, 0.15) is 34.9 Å². The number of amides is 1. The maximum atomic E-state index is 12.5. The molecule has 1 saturated heterocycles. The van der Waals surface area contributed by atoms with Crippen LogP contribution in [0.4, 0.5) is 5.69 Å². The highest BCUT2D eigenvalue weighted by molar-refractivity contribution is 6.31. The number of halogens is 1. The molecule has 0 radical (unpaired) electrons. The number of nitrogens with zero attached hydrogens (tertiary/aromatic N) is 2. The predicted molar refractivity (Wildman–Crippen MR) is 94.1 cm³/mol. The van der Waals surface area contributed by atoms with Crippen molar-refractivity contribution in [1.82, 2.24) is 15.1 Å². The topological polar surface area (TPSA) is 68.2 Å². The molecule has 128 valence electrons. The highest BCUT2D eigenvalue weighted by Crippen LogP contribution is 2.31. The zero-order valence-electron chi connectivity index (χ0n) is 13.8. The second kappa shape index (κ2) is 7.23. The molecule has 1 aliphatic heterocycles. The fourth-order valence-electron chi connectivity index (χ4n) is 2.84. The fourth-order valence-corrected chi connectivity index (χ4v) is 2.99. The van der Waals surface area contributed by atoms with Crippen LogP contribution >= 0.6 is 11.6 Å². The van der Waals surface area contributed by atoms with E-state index in [9.17, 15) is 4.79 Å². The molecule has 0 spiro atoms. The lowest BCUT2D eigenvalue weighted by atomic mass is 10.1. The highest BCUT2D eigenvalue weighted by Gasteiger charge is 2.18. The van der Waals surface area contributed by atoms with Crippen LogP contribution in [-0.2, 0) is 0 Å². The average molecular weight is 349 g/mol. The largest absolute Gasteiger partial charge is 0.495 e. The summed E-state index contributed by atoms with van der Waals surface area (Å²) >= 11 is 6.09. The van der Waals surface area contributed by atoms with Crippen molar-refractivity contribution in [2.45, 2.75) is 25.8 Å². The summed E-state index contributed by atoms with van der Waals surface area (Å²) in [6.07, 6.45) is 4.05. The Balaban J connectivity index is 1.76. The number of piperidine rings is 1. The van der Waals surface area contributed by atoms with Crippen molar-refractivity contribution >= 4 is 23.2 Å². The van der Waals surface area contributed by atoms with E-state index in [2.05, 4.69) is 15.7 Å². The van der Waals surface area contributed by atoms with Gasteiger partial charge in [0.1, 0.15) is 5.75 Å². The van der Waals surface area contributed by atoms with Gasteiger partial charge >= 0.3 is 0 Å². The van der Waals surface area contributed by atoms with E-state index in [1.807, 2.05) is 17.8 Å². The van der Waals surface area contributed by atoms with Gasteiger partial charge in [-0.1, -0.05) is 11.6 Å². The average Bonchev–Trinajstić information content (AvgIpc) is 3.09. The van der Waals surface area contributed by atoms with Crippen molar-refractivity contribution in [3.63, 3.8) is 0 Å². The van der Waals surface area contributed by atoms with E-state index in [1.54, 1.807) is 25.3 Å². The van der Waals surface area contributed by atoms with E-state index in [1.165, 1.54) is 0 Å². The van der Waals surface area contributed by atoms with E-state index in [0.717, 1.165) is 31.5 Å². The molecular formula is C17H21ClN4O2. The molecule has 0 saturated carbocycles. The van der Waals surface area contributed by atoms with Crippen molar-refractivity contribution in [3.8, 4) is 5.75 Å². The van der Waals surface area contributed by atoms with Crippen LogP contribution in [0, 0.1) is 6.92 Å². The smallest absolute Gasteiger partial charge is 0.276 e. The summed E-state index contributed by atoms with van der Waals surface area (Å²) in [6, 6.07) is 5.52. The van der Waals surface area contributed by atoms with Crippen molar-refractivity contribution in [2.75, 3.05) is 25.5 Å². The number of hydrogen-bond acceptors (Lipinski definition) is 4. The number of hydrogen-bond donors (Lipinski definition) is 2. The quantitative estimate of drug-likeness (QED) is 0.891. The highest BCUT2D eigenvalue weighted by atomic mass is 35.5. The van der Waals surface area contributed by atoms with Gasteiger partial charge in [-0.05, 0) is 44.0 Å². The third-order valence-electron chi connectivity index (χ3n) is 4.21. The predicted octanol–water partition coefficient (Wildman–Crippen LogP) is 3.03. The van der Waals surface area contributed by atoms with Gasteiger partial charge in [0.15, 0.2) is 5.69 Å². The molecule has 24 heavy (non-hydrogen) atoms. The third kappa shape index (κ3) is 3.55. The maximum absolute atomic E-state index is 12.5. The molecule has 7 heteroatoms. The Morgan fingerprint density at radius 2 is 2.33 bits per heavy atom. The minimum atomic E-state index is -0.266. The summed E-state index contributed by atoms with van der Waals surface area (Å²) in [5, 5.41) is 11.2. The third-order valence-corrected chi connectivity index (χ3v) is 4.62. The number of carbonyl (C=O) groups excluding carboxylic acids is 1. The van der Waals surface area contributed by atoms with E-state index < -0.39 is 0 Å². The Morgan fingerprint density at radius 3 is 3.04 bits per heavy atom. The molecule has 0 aliphatic carbocycles. The van der Waals surface area contributed by atoms with Crippen LogP contribution < -0.4 is 15.4 Å². The number of benzene rings is 1. The first-order chi connectivity index (χ1) is 11.6. The Morgan fingerprint density at radius 1 is 1.50 bits per heavy atom. The second-order valence-corrected chi connectivity index (χ2v) is 6.34. The number of anilines is 1. The lowest BCUT2D eigenvalue weighted by Gasteiger charge is -2.22. The second-order valence-electron chi connectivity index (χ2n) is 5.94. The van der Waals surface area contributed by atoms with E-state index >= 15 is 0 Å². The summed E-state index contributed by atoms with van der Waals surface area (Å²) in [5.41, 5.74) is 1.83. The van der Waals surface area contributed by atoms with E-state index in [-0.39, 0.29) is 5.91 Å². The number of methoxy groups -OCH3 is 1. The number of aryl methyl sites for hydroxylation is 1. The Kier molecular flexibility index (Phi) is 5.06. The number of carbonyl (C=O) groups is 1. The molecule has 1 unspecified atom stereocenters. The summed E-state index contributed by atoms with van der Waals surface area (Å²) in [7, 11) is 1.54. The van der Waals surface area contributed by atoms with Crippen LogP contribution in [0.3, 0.4) is 0 Å². The zero-order chi connectivity index (χ0) is 17.1. The van der Waals surface area contributed by atoms with Gasteiger partial charge in [0.25, 0.3) is 5.91 Å². The summed E-state index contributed by atoms with van der Waals surface area (Å²) in [5.74, 6) is 0.257. The van der Waals surface area contributed by atoms with Gasteiger partial charge in [-0.15, -0.1) is 0 Å². The Hall–Kier alpha value is -2.05. The SMILES string of the molecule is COc1cc(Cl)c(C)cc1NC(=O)c1ccn(C2CCCNC2)n1. The van der Waals surface area contributed by atoms with Gasteiger partial charge in [0.2, 0.25) is 0 Å². The van der Waals surface area contributed by atoms with Crippen LogP contribution in [0.2, 0.25) is 5.02 Å². The van der Waals surface area contributed by atoms with Gasteiger partial charge < -0.3 is 15.4 Å². The molecule has 2 N–H and O–H groups in total. The van der Waals surface area contributed by atoms with Crippen molar-refractivity contribution in [3.05, 3.63) is 40.7 Å². The van der Waals surface area contributed by atoms with Crippen LogP contribution in [0.5, 0.6) is 5.75 Å². The number of rotatable bonds is 4. The molecule has 3 rings (SSSR count). The van der Waals surface area contributed by atoms with Gasteiger partial charge in [0, 0.05) is 23.8 Å². The molecule has 1 atom stereocenters. The molecule has 1 amide bonds. The summed E-state index contributed by atoms with van der Waals surface area (Å²) in [4.78, 5) is 12.5. The molecule has 6 nitrogen and oxygen atoms in total. The van der Waals surface area contributed by atoms with E-state index in [0.29, 0.717) is 28.2 Å². The number of ether oxygens (including phenoxy) is 1. The van der Waals surface area contributed by atoms with Crippen molar-refractivity contribution in [2.24, 2.45) is 0 Å². The number of aromatic nitrogens is 2.